The number of hydrogen-bond acceptors (Lipinski definition) is 10. The summed E-state index contributed by atoms with van der Waals surface area (Å²) >= 11 is 0. The van der Waals surface area contributed by atoms with Gasteiger partial charge in [0.1, 0.15) is 5.69 Å². The summed E-state index contributed by atoms with van der Waals surface area (Å²) in [6, 6.07) is 21.9. The van der Waals surface area contributed by atoms with Crippen LogP contribution < -0.4 is 14.2 Å². The van der Waals surface area contributed by atoms with Crippen molar-refractivity contribution in [2.75, 3.05) is 53.0 Å². The van der Waals surface area contributed by atoms with Gasteiger partial charge in [-0.25, -0.2) is 4.98 Å². The van der Waals surface area contributed by atoms with Gasteiger partial charge in [-0.3, -0.25) is 19.6 Å². The van der Waals surface area contributed by atoms with Gasteiger partial charge in [-0.05, 0) is 25.0 Å². The molecular formula is C35H43Cl2N7O4. The Morgan fingerprint density at radius 2 is 1.52 bits per heavy atom. The average molecular weight is 697 g/mol. The van der Waals surface area contributed by atoms with E-state index in [-0.39, 0.29) is 54.7 Å². The van der Waals surface area contributed by atoms with Crippen molar-refractivity contribution in [3.8, 4) is 17.8 Å². The largest absolute Gasteiger partial charge is 0.481 e. The molecule has 2 aromatic heterocycles. The molecule has 2 saturated heterocycles. The fourth-order valence-corrected chi connectivity index (χ4v) is 6.75. The molecule has 48 heavy (non-hydrogen) atoms. The number of fused-ring (bicyclic) bond motifs is 1. The molecule has 0 spiro atoms. The maximum Gasteiger partial charge on any atom is 0.323 e. The minimum atomic E-state index is -0.0932. The van der Waals surface area contributed by atoms with Gasteiger partial charge in [-0.15, -0.1) is 24.8 Å². The summed E-state index contributed by atoms with van der Waals surface area (Å²) in [6.45, 7) is 8.69. The molecule has 11 nitrogen and oxygen atoms in total. The van der Waals surface area contributed by atoms with Crippen LogP contribution in [0, 0.1) is 0 Å². The highest BCUT2D eigenvalue weighted by atomic mass is 35.5. The van der Waals surface area contributed by atoms with Crippen LogP contribution in [0.5, 0.6) is 17.8 Å². The number of amides is 1. The highest BCUT2D eigenvalue weighted by molar-refractivity contribution is 5.92. The molecule has 0 unspecified atom stereocenters. The summed E-state index contributed by atoms with van der Waals surface area (Å²) in [5.41, 5.74) is 3.66. The van der Waals surface area contributed by atoms with Crippen molar-refractivity contribution < 1.29 is 19.0 Å². The number of ether oxygens (including phenoxy) is 3. The van der Waals surface area contributed by atoms with E-state index in [4.69, 9.17) is 14.2 Å². The van der Waals surface area contributed by atoms with Crippen LogP contribution in [0.25, 0.3) is 0 Å². The van der Waals surface area contributed by atoms with E-state index in [2.05, 4.69) is 90.4 Å². The fraction of sp³-hybridized carbons (Fsp3) is 0.400. The molecule has 0 radical (unpaired) electrons. The minimum absolute atomic E-state index is 0. The molecule has 13 heteroatoms. The zero-order chi connectivity index (χ0) is 31.9. The first-order chi connectivity index (χ1) is 22.6. The molecule has 2 atom stereocenters. The fourth-order valence-electron chi connectivity index (χ4n) is 6.75. The van der Waals surface area contributed by atoms with E-state index in [0.717, 1.165) is 25.2 Å². The van der Waals surface area contributed by atoms with E-state index in [1.54, 1.807) is 25.7 Å². The van der Waals surface area contributed by atoms with E-state index in [0.29, 0.717) is 50.3 Å². The Hall–Kier alpha value is -4.03. The van der Waals surface area contributed by atoms with Crippen LogP contribution >= 0.6 is 24.8 Å². The number of methoxy groups -OCH3 is 1. The molecule has 4 aromatic rings. The summed E-state index contributed by atoms with van der Waals surface area (Å²) in [5.74, 6) is 0.915. The molecule has 1 amide bonds. The number of carbonyl (C=O) groups is 1. The quantitative estimate of drug-likeness (QED) is 0.218. The molecule has 2 aliphatic heterocycles. The van der Waals surface area contributed by atoms with Gasteiger partial charge in [0, 0.05) is 69.7 Å². The zero-order valence-corrected chi connectivity index (χ0v) is 29.1. The summed E-state index contributed by atoms with van der Waals surface area (Å²) in [5, 5.41) is 0. The number of rotatable bonds is 11. The Balaban J connectivity index is 0.00000260. The zero-order valence-electron chi connectivity index (χ0n) is 27.5. The summed E-state index contributed by atoms with van der Waals surface area (Å²) in [6.07, 6.45) is 4.69. The van der Waals surface area contributed by atoms with Crippen molar-refractivity contribution in [1.82, 2.24) is 34.6 Å². The number of halogens is 2. The molecule has 0 aliphatic carbocycles. The van der Waals surface area contributed by atoms with Crippen molar-refractivity contribution in [2.45, 2.75) is 38.4 Å². The molecule has 2 aliphatic rings. The van der Waals surface area contributed by atoms with Gasteiger partial charge in [0.05, 0.1) is 32.1 Å². The van der Waals surface area contributed by atoms with Crippen LogP contribution in [0.1, 0.15) is 46.9 Å². The first kappa shape index (κ1) is 36.8. The van der Waals surface area contributed by atoms with E-state index in [9.17, 15) is 4.79 Å². The van der Waals surface area contributed by atoms with E-state index in [1.165, 1.54) is 11.1 Å². The van der Waals surface area contributed by atoms with Gasteiger partial charge in [-0.2, -0.15) is 9.97 Å². The molecule has 2 aromatic carbocycles. The third kappa shape index (κ3) is 8.15. The summed E-state index contributed by atoms with van der Waals surface area (Å²) < 4.78 is 17.4. The minimum Gasteiger partial charge on any atom is -0.481 e. The van der Waals surface area contributed by atoms with E-state index in [1.807, 2.05) is 18.7 Å². The van der Waals surface area contributed by atoms with Crippen LogP contribution in [-0.2, 0) is 6.54 Å². The van der Waals surface area contributed by atoms with Crippen molar-refractivity contribution in [2.24, 2.45) is 0 Å². The topological polar surface area (TPSA) is 106 Å². The highest BCUT2D eigenvalue weighted by Gasteiger charge is 2.43. The third-order valence-electron chi connectivity index (χ3n) is 8.68. The van der Waals surface area contributed by atoms with Crippen molar-refractivity contribution in [1.29, 1.82) is 0 Å². The lowest BCUT2D eigenvalue weighted by Gasteiger charge is -2.53. The van der Waals surface area contributed by atoms with Gasteiger partial charge < -0.3 is 19.1 Å². The molecular weight excluding hydrogens is 653 g/mol. The van der Waals surface area contributed by atoms with Crippen molar-refractivity contribution in [3.63, 3.8) is 0 Å². The highest BCUT2D eigenvalue weighted by Crippen LogP contribution is 2.37. The van der Waals surface area contributed by atoms with Gasteiger partial charge in [0.2, 0.25) is 11.8 Å². The Morgan fingerprint density at radius 1 is 0.854 bits per heavy atom. The lowest BCUT2D eigenvalue weighted by molar-refractivity contribution is -0.0293. The first-order valence-corrected chi connectivity index (χ1v) is 15.9. The second-order valence-corrected chi connectivity index (χ2v) is 11.5. The van der Waals surface area contributed by atoms with E-state index >= 15 is 0 Å². The standard InChI is InChI=1S/C35H41N7O4.2ClH/c1-4-45-33-28(32(44-3)38-35(39-33)46-5-2)23-40-21-27-22-41(34(43)29-20-36-16-17-37-29)18-19-42(27)30(24-40)31(25-12-8-6-9-13-25)26-14-10-7-11-15-26;;/h6-17,20,27,30-31H,4-5,18-19,21-24H2,1-3H3;2*1H/t27-,30+;;/m1../s1. The molecule has 0 saturated carbocycles. The van der Waals surface area contributed by atoms with Crippen LogP contribution in [0.2, 0.25) is 0 Å². The van der Waals surface area contributed by atoms with Gasteiger partial charge in [-0.1, -0.05) is 60.7 Å². The molecule has 0 N–H and O–H groups in total. The number of piperazine rings is 2. The van der Waals surface area contributed by atoms with Crippen LogP contribution in [0.15, 0.2) is 79.3 Å². The maximum atomic E-state index is 13.5. The Morgan fingerprint density at radius 3 is 2.12 bits per heavy atom. The Labute approximate surface area is 294 Å². The normalized spacial score (nSPS) is 17.9. The second kappa shape index (κ2) is 17.4. The Kier molecular flexibility index (Phi) is 13.3. The number of nitrogens with zero attached hydrogens (tertiary/aromatic N) is 7. The molecule has 0 bridgehead atoms. The van der Waals surface area contributed by atoms with Crippen LogP contribution in [-0.4, -0.2) is 106 Å². The van der Waals surface area contributed by atoms with Crippen molar-refractivity contribution >= 4 is 30.7 Å². The molecule has 256 valence electrons. The molecule has 2 fully saturated rings. The lowest BCUT2D eigenvalue weighted by Crippen LogP contribution is -2.67. The predicted molar refractivity (Wildman–Crippen MR) is 188 cm³/mol. The van der Waals surface area contributed by atoms with Gasteiger partial charge >= 0.3 is 6.01 Å². The van der Waals surface area contributed by atoms with Gasteiger partial charge in [0.25, 0.3) is 5.91 Å². The maximum absolute atomic E-state index is 13.5. The first-order valence-electron chi connectivity index (χ1n) is 15.9. The average Bonchev–Trinajstić information content (AvgIpc) is 3.10. The molecule has 6 rings (SSSR count). The number of carbonyl (C=O) groups excluding carboxylic acids is 1. The SMILES string of the molecule is CCOc1nc(OC)c(CN2C[C@@H]3CN(C(=O)c4cnccn4)CCN3[C@H](C(c3ccccc3)c3ccccc3)C2)c(OCC)n1.Cl.Cl. The number of aromatic nitrogens is 4. The Bertz CT molecular complexity index is 1550. The number of hydrogen-bond donors (Lipinski definition) is 0. The van der Waals surface area contributed by atoms with Crippen LogP contribution in [0.4, 0.5) is 0 Å². The predicted octanol–water partition coefficient (Wildman–Crippen LogP) is 4.76. The lowest BCUT2D eigenvalue weighted by atomic mass is 9.81. The second-order valence-electron chi connectivity index (χ2n) is 11.5. The van der Waals surface area contributed by atoms with Crippen molar-refractivity contribution in [3.05, 3.63) is 102 Å². The van der Waals surface area contributed by atoms with Crippen LogP contribution in [0.3, 0.4) is 0 Å². The van der Waals surface area contributed by atoms with Gasteiger partial charge in [0.15, 0.2) is 0 Å². The monoisotopic (exact) mass is 695 g/mol. The third-order valence-corrected chi connectivity index (χ3v) is 8.68. The summed E-state index contributed by atoms with van der Waals surface area (Å²) in [4.78, 5) is 38.0. The van der Waals surface area contributed by atoms with E-state index < -0.39 is 0 Å². The number of benzene rings is 2. The summed E-state index contributed by atoms with van der Waals surface area (Å²) in [7, 11) is 1.61. The smallest absolute Gasteiger partial charge is 0.323 e. The molecule has 4 heterocycles.